The maximum absolute atomic E-state index is 11.7. The molecule has 0 saturated carbocycles. The zero-order chi connectivity index (χ0) is 13.9. The maximum atomic E-state index is 11.7. The van der Waals surface area contributed by atoms with Crippen molar-refractivity contribution in [3.05, 3.63) is 35.9 Å². The Balaban J connectivity index is 2.14. The van der Waals surface area contributed by atoms with E-state index in [4.69, 9.17) is 0 Å². The molecule has 1 aromatic carbocycles. The lowest BCUT2D eigenvalue weighted by molar-refractivity contribution is -0.121. The zero-order valence-electron chi connectivity index (χ0n) is 11.7. The van der Waals surface area contributed by atoms with Gasteiger partial charge in [0, 0.05) is 18.3 Å². The normalized spacial score (nSPS) is 12.1. The average molecular weight is 326 g/mol. The van der Waals surface area contributed by atoms with Crippen molar-refractivity contribution >= 4 is 21.8 Å². The van der Waals surface area contributed by atoms with Gasteiger partial charge < -0.3 is 5.32 Å². The number of amides is 1. The Morgan fingerprint density at radius 3 is 2.68 bits per heavy atom. The van der Waals surface area contributed by atoms with Gasteiger partial charge in [-0.05, 0) is 30.7 Å². The molecule has 1 unspecified atom stereocenters. The smallest absolute Gasteiger partial charge is 0.220 e. The Kier molecular flexibility index (Phi) is 8.55. The molecule has 0 aliphatic heterocycles. The molecule has 0 heterocycles. The molecule has 1 amide bonds. The molecule has 0 aliphatic carbocycles. The molecule has 2 nitrogen and oxygen atoms in total. The summed E-state index contributed by atoms with van der Waals surface area (Å²) in [5, 5.41) is 4.05. The van der Waals surface area contributed by atoms with Crippen molar-refractivity contribution in [2.75, 3.05) is 11.9 Å². The third kappa shape index (κ3) is 7.36. The number of rotatable bonds is 9. The summed E-state index contributed by atoms with van der Waals surface area (Å²) in [5.41, 5.74) is 1.31. The molecule has 0 aliphatic rings. The summed E-state index contributed by atoms with van der Waals surface area (Å²) in [6.45, 7) is 2.99. The van der Waals surface area contributed by atoms with E-state index in [1.165, 1.54) is 5.56 Å². The van der Waals surface area contributed by atoms with Crippen LogP contribution in [0.2, 0.25) is 0 Å². The summed E-state index contributed by atoms with van der Waals surface area (Å²) in [5.74, 6) is 0.779. The van der Waals surface area contributed by atoms with Gasteiger partial charge in [0.15, 0.2) is 0 Å². The summed E-state index contributed by atoms with van der Waals surface area (Å²) in [6.07, 6.45) is 4.77. The summed E-state index contributed by atoms with van der Waals surface area (Å²) in [4.78, 5) is 11.7. The van der Waals surface area contributed by atoms with E-state index in [0.717, 1.165) is 37.6 Å². The minimum atomic E-state index is 0.184. The monoisotopic (exact) mass is 325 g/mol. The molecule has 106 valence electrons. The fourth-order valence-corrected chi connectivity index (χ4v) is 2.70. The number of nitrogens with one attached hydrogen (secondary N) is 1. The maximum Gasteiger partial charge on any atom is 0.220 e. The lowest BCUT2D eigenvalue weighted by Crippen LogP contribution is -2.29. The van der Waals surface area contributed by atoms with Crippen LogP contribution < -0.4 is 5.32 Å². The minimum Gasteiger partial charge on any atom is -0.356 e. The van der Waals surface area contributed by atoms with E-state index in [2.05, 4.69) is 40.3 Å². The topological polar surface area (TPSA) is 29.1 Å². The van der Waals surface area contributed by atoms with Crippen molar-refractivity contribution in [1.29, 1.82) is 0 Å². The van der Waals surface area contributed by atoms with Crippen LogP contribution in [0.15, 0.2) is 30.3 Å². The quantitative estimate of drug-likeness (QED) is 0.684. The van der Waals surface area contributed by atoms with Crippen LogP contribution in [-0.4, -0.2) is 17.8 Å². The molecule has 1 rings (SSSR count). The molecule has 1 atom stereocenters. The molecule has 0 saturated heterocycles. The Bertz CT molecular complexity index is 353. The average Bonchev–Trinajstić information content (AvgIpc) is 2.44. The third-order valence-corrected chi connectivity index (χ3v) is 3.85. The van der Waals surface area contributed by atoms with Crippen LogP contribution in [0.25, 0.3) is 0 Å². The first kappa shape index (κ1) is 16.2. The molecular formula is C16H24BrNO. The van der Waals surface area contributed by atoms with Gasteiger partial charge in [0.1, 0.15) is 0 Å². The Morgan fingerprint density at radius 1 is 1.32 bits per heavy atom. The van der Waals surface area contributed by atoms with Gasteiger partial charge in [0.05, 0.1) is 0 Å². The highest BCUT2D eigenvalue weighted by molar-refractivity contribution is 9.09. The van der Waals surface area contributed by atoms with E-state index in [1.54, 1.807) is 0 Å². The molecule has 0 spiro atoms. The second-order valence-corrected chi connectivity index (χ2v) is 5.69. The van der Waals surface area contributed by atoms with Crippen molar-refractivity contribution in [3.8, 4) is 0 Å². The highest BCUT2D eigenvalue weighted by Crippen LogP contribution is 2.09. The number of carbonyl (C=O) groups excluding carboxylic acids is 1. The van der Waals surface area contributed by atoms with Crippen LogP contribution in [0.4, 0.5) is 0 Å². The van der Waals surface area contributed by atoms with Crippen molar-refractivity contribution in [1.82, 2.24) is 5.32 Å². The molecule has 3 heteroatoms. The summed E-state index contributed by atoms with van der Waals surface area (Å²) >= 11 is 3.45. The second kappa shape index (κ2) is 10.0. The molecule has 0 aromatic heterocycles. The Labute approximate surface area is 125 Å². The van der Waals surface area contributed by atoms with Crippen LogP contribution in [0.5, 0.6) is 0 Å². The van der Waals surface area contributed by atoms with Crippen LogP contribution in [0.1, 0.15) is 38.2 Å². The van der Waals surface area contributed by atoms with E-state index < -0.39 is 0 Å². The molecule has 0 radical (unpaired) electrons. The van der Waals surface area contributed by atoms with Gasteiger partial charge in [-0.15, -0.1) is 0 Å². The number of halogens is 1. The molecule has 1 N–H and O–H groups in total. The standard InChI is InChI=1S/C16H24BrNO/c1-2-14(11-12-17)13-18-16(19)10-6-9-15-7-4-3-5-8-15/h3-5,7-8,14H,2,6,9-13H2,1H3,(H,18,19). The Morgan fingerprint density at radius 2 is 2.05 bits per heavy atom. The van der Waals surface area contributed by atoms with E-state index in [9.17, 15) is 4.79 Å². The number of benzene rings is 1. The van der Waals surface area contributed by atoms with Crippen molar-refractivity contribution in [3.63, 3.8) is 0 Å². The van der Waals surface area contributed by atoms with Gasteiger partial charge in [-0.1, -0.05) is 59.6 Å². The third-order valence-electron chi connectivity index (χ3n) is 3.39. The van der Waals surface area contributed by atoms with Gasteiger partial charge in [-0.3, -0.25) is 4.79 Å². The molecule has 0 fully saturated rings. The van der Waals surface area contributed by atoms with E-state index in [1.807, 2.05) is 18.2 Å². The van der Waals surface area contributed by atoms with Crippen molar-refractivity contribution in [2.45, 2.75) is 39.0 Å². The minimum absolute atomic E-state index is 0.184. The predicted octanol–water partition coefficient (Wildman–Crippen LogP) is 3.94. The van der Waals surface area contributed by atoms with Crippen LogP contribution in [0, 0.1) is 5.92 Å². The van der Waals surface area contributed by atoms with Gasteiger partial charge in [-0.2, -0.15) is 0 Å². The summed E-state index contributed by atoms with van der Waals surface area (Å²) < 4.78 is 0. The van der Waals surface area contributed by atoms with Crippen LogP contribution >= 0.6 is 15.9 Å². The number of aryl methyl sites for hydroxylation is 1. The van der Waals surface area contributed by atoms with Gasteiger partial charge in [-0.25, -0.2) is 0 Å². The number of alkyl halides is 1. The summed E-state index contributed by atoms with van der Waals surface area (Å²) in [6, 6.07) is 10.3. The SMILES string of the molecule is CCC(CCBr)CNC(=O)CCCc1ccccc1. The number of hydrogen-bond donors (Lipinski definition) is 1. The first-order valence-corrected chi connectivity index (χ1v) is 8.25. The van der Waals surface area contributed by atoms with E-state index in [-0.39, 0.29) is 5.91 Å². The molecule has 19 heavy (non-hydrogen) atoms. The van der Waals surface area contributed by atoms with Crippen molar-refractivity contribution in [2.24, 2.45) is 5.92 Å². The van der Waals surface area contributed by atoms with Crippen LogP contribution in [-0.2, 0) is 11.2 Å². The number of carbonyl (C=O) groups is 1. The fraction of sp³-hybridized carbons (Fsp3) is 0.562. The van der Waals surface area contributed by atoms with Crippen LogP contribution in [0.3, 0.4) is 0 Å². The van der Waals surface area contributed by atoms with Crippen molar-refractivity contribution < 1.29 is 4.79 Å². The van der Waals surface area contributed by atoms with Gasteiger partial charge in [0.2, 0.25) is 5.91 Å². The zero-order valence-corrected chi connectivity index (χ0v) is 13.3. The molecular weight excluding hydrogens is 302 g/mol. The first-order valence-electron chi connectivity index (χ1n) is 7.12. The summed E-state index contributed by atoms with van der Waals surface area (Å²) in [7, 11) is 0. The van der Waals surface area contributed by atoms with Gasteiger partial charge >= 0.3 is 0 Å². The highest BCUT2D eigenvalue weighted by Gasteiger charge is 2.07. The lowest BCUT2D eigenvalue weighted by atomic mass is 10.0. The largest absolute Gasteiger partial charge is 0.356 e. The molecule has 0 bridgehead atoms. The van der Waals surface area contributed by atoms with E-state index >= 15 is 0 Å². The fourth-order valence-electron chi connectivity index (χ4n) is 2.05. The van der Waals surface area contributed by atoms with Gasteiger partial charge in [0.25, 0.3) is 0 Å². The first-order chi connectivity index (χ1) is 9.26. The lowest BCUT2D eigenvalue weighted by Gasteiger charge is -2.14. The Hall–Kier alpha value is -0.830. The highest BCUT2D eigenvalue weighted by atomic mass is 79.9. The second-order valence-electron chi connectivity index (χ2n) is 4.90. The number of hydrogen-bond acceptors (Lipinski definition) is 1. The predicted molar refractivity (Wildman–Crippen MR) is 84.6 cm³/mol. The molecule has 1 aromatic rings. The van der Waals surface area contributed by atoms with E-state index in [0.29, 0.717) is 12.3 Å².